The van der Waals surface area contributed by atoms with Crippen molar-refractivity contribution in [2.45, 2.75) is 37.8 Å². The Morgan fingerprint density at radius 2 is 2.25 bits per heavy atom. The molecule has 0 aliphatic carbocycles. The standard InChI is InChI=1S/C9H15IO6/c1-2-7(12)15-4-6-9(16-10)8(13)5(11)3-14-6/h5-6,8-9,11,13H,2-4H2,1H3. The van der Waals surface area contributed by atoms with Crippen molar-refractivity contribution in [3.05, 3.63) is 0 Å². The Bertz CT molecular complexity index is 236. The minimum absolute atomic E-state index is 0.00596. The Morgan fingerprint density at radius 1 is 1.56 bits per heavy atom. The fourth-order valence-corrected chi connectivity index (χ4v) is 2.01. The van der Waals surface area contributed by atoms with E-state index < -0.39 is 24.4 Å². The molecule has 1 aliphatic rings. The molecule has 1 heterocycles. The van der Waals surface area contributed by atoms with Crippen LogP contribution in [0.1, 0.15) is 13.3 Å². The van der Waals surface area contributed by atoms with Crippen molar-refractivity contribution in [2.75, 3.05) is 13.2 Å². The Balaban J connectivity index is 2.48. The Labute approximate surface area is 108 Å². The average molecular weight is 346 g/mol. The van der Waals surface area contributed by atoms with Crippen LogP contribution in [-0.4, -0.2) is 53.8 Å². The van der Waals surface area contributed by atoms with Crippen LogP contribution in [0, 0.1) is 0 Å². The van der Waals surface area contributed by atoms with Gasteiger partial charge in [0.1, 0.15) is 54.0 Å². The molecule has 1 fully saturated rings. The van der Waals surface area contributed by atoms with E-state index >= 15 is 0 Å². The number of aliphatic hydroxyl groups excluding tert-OH is 2. The second-order valence-electron chi connectivity index (χ2n) is 3.52. The molecule has 94 valence electrons. The number of carbonyl (C=O) groups excluding carboxylic acids is 1. The van der Waals surface area contributed by atoms with E-state index in [4.69, 9.17) is 12.5 Å². The van der Waals surface area contributed by atoms with Crippen molar-refractivity contribution >= 4 is 29.0 Å². The first-order chi connectivity index (χ1) is 7.60. The highest BCUT2D eigenvalue weighted by Crippen LogP contribution is 2.21. The van der Waals surface area contributed by atoms with Crippen molar-refractivity contribution in [1.82, 2.24) is 0 Å². The predicted molar refractivity (Wildman–Crippen MR) is 61.9 cm³/mol. The zero-order chi connectivity index (χ0) is 12.1. The molecule has 0 radical (unpaired) electrons. The number of carbonyl (C=O) groups is 1. The summed E-state index contributed by atoms with van der Waals surface area (Å²) < 4.78 is 15.1. The fourth-order valence-electron chi connectivity index (χ4n) is 1.38. The highest BCUT2D eigenvalue weighted by atomic mass is 127. The predicted octanol–water partition coefficient (Wildman–Crippen LogP) is -0.205. The molecular formula is C9H15IO6. The topological polar surface area (TPSA) is 85.2 Å². The number of hydrogen-bond donors (Lipinski definition) is 2. The zero-order valence-electron chi connectivity index (χ0n) is 8.84. The van der Waals surface area contributed by atoms with Crippen LogP contribution < -0.4 is 0 Å². The first-order valence-corrected chi connectivity index (χ1v) is 5.89. The van der Waals surface area contributed by atoms with Crippen molar-refractivity contribution in [3.63, 3.8) is 0 Å². The van der Waals surface area contributed by atoms with Crippen molar-refractivity contribution in [1.29, 1.82) is 0 Å². The van der Waals surface area contributed by atoms with E-state index in [0.29, 0.717) is 0 Å². The third-order valence-corrected chi connectivity index (χ3v) is 2.97. The molecule has 7 heteroatoms. The van der Waals surface area contributed by atoms with Gasteiger partial charge >= 0.3 is 5.97 Å². The summed E-state index contributed by atoms with van der Waals surface area (Å²) in [6, 6.07) is 0. The molecular weight excluding hydrogens is 331 g/mol. The van der Waals surface area contributed by atoms with Gasteiger partial charge in [0.25, 0.3) is 0 Å². The lowest BCUT2D eigenvalue weighted by atomic mass is 10.0. The molecule has 2 N–H and O–H groups in total. The Kier molecular flexibility index (Phi) is 5.90. The summed E-state index contributed by atoms with van der Waals surface area (Å²) in [5.41, 5.74) is 0. The van der Waals surface area contributed by atoms with E-state index in [2.05, 4.69) is 0 Å². The van der Waals surface area contributed by atoms with E-state index in [1.165, 1.54) is 0 Å². The molecule has 1 saturated heterocycles. The molecule has 6 nitrogen and oxygen atoms in total. The third kappa shape index (κ3) is 3.52. The van der Waals surface area contributed by atoms with E-state index in [0.717, 1.165) is 0 Å². The van der Waals surface area contributed by atoms with Crippen LogP contribution in [0.5, 0.6) is 0 Å². The summed E-state index contributed by atoms with van der Waals surface area (Å²) in [4.78, 5) is 11.0. The maximum atomic E-state index is 11.0. The van der Waals surface area contributed by atoms with Crippen molar-refractivity contribution < 1.29 is 27.5 Å². The molecule has 0 amide bonds. The number of halogens is 1. The fraction of sp³-hybridized carbons (Fsp3) is 0.889. The minimum atomic E-state index is -1.03. The van der Waals surface area contributed by atoms with Crippen LogP contribution >= 0.6 is 23.0 Å². The van der Waals surface area contributed by atoms with Gasteiger partial charge < -0.3 is 22.8 Å². The van der Waals surface area contributed by atoms with Crippen LogP contribution in [0.2, 0.25) is 0 Å². The summed E-state index contributed by atoms with van der Waals surface area (Å²) in [6.45, 7) is 1.71. The maximum absolute atomic E-state index is 11.0. The monoisotopic (exact) mass is 346 g/mol. The van der Waals surface area contributed by atoms with E-state index in [-0.39, 0.29) is 25.6 Å². The third-order valence-electron chi connectivity index (χ3n) is 2.38. The summed E-state index contributed by atoms with van der Waals surface area (Å²) in [7, 11) is 0. The van der Waals surface area contributed by atoms with Gasteiger partial charge in [-0.2, -0.15) is 0 Å². The first-order valence-electron chi connectivity index (χ1n) is 5.00. The molecule has 0 bridgehead atoms. The van der Waals surface area contributed by atoms with Gasteiger partial charge in [-0.25, -0.2) is 0 Å². The number of ether oxygens (including phenoxy) is 2. The quantitative estimate of drug-likeness (QED) is 0.542. The highest BCUT2D eigenvalue weighted by molar-refractivity contribution is 14.1. The lowest BCUT2D eigenvalue weighted by Gasteiger charge is -2.36. The van der Waals surface area contributed by atoms with Gasteiger partial charge in [-0.3, -0.25) is 4.79 Å². The summed E-state index contributed by atoms with van der Waals surface area (Å²) in [5, 5.41) is 19.0. The van der Waals surface area contributed by atoms with E-state index in [9.17, 15) is 15.0 Å². The Hall–Kier alpha value is 0.0400. The molecule has 1 aliphatic heterocycles. The average Bonchev–Trinajstić information content (AvgIpc) is 2.30. The second-order valence-corrected chi connectivity index (χ2v) is 4.03. The van der Waals surface area contributed by atoms with Crippen molar-refractivity contribution in [3.8, 4) is 0 Å². The van der Waals surface area contributed by atoms with Gasteiger partial charge in [-0.1, -0.05) is 6.92 Å². The normalized spacial score (nSPS) is 34.8. The van der Waals surface area contributed by atoms with Crippen LogP contribution in [0.15, 0.2) is 0 Å². The molecule has 1 rings (SSSR count). The van der Waals surface area contributed by atoms with Crippen LogP contribution in [0.25, 0.3) is 0 Å². The number of rotatable bonds is 4. The SMILES string of the molecule is CCC(=O)OCC1OCC(O)C(O)C1OI. The number of esters is 1. The van der Waals surface area contributed by atoms with E-state index in [1.54, 1.807) is 29.9 Å². The molecule has 4 unspecified atom stereocenters. The first kappa shape index (κ1) is 14.1. The Morgan fingerprint density at radius 3 is 2.81 bits per heavy atom. The van der Waals surface area contributed by atoms with E-state index in [1.807, 2.05) is 0 Å². The van der Waals surface area contributed by atoms with Crippen LogP contribution in [0.3, 0.4) is 0 Å². The molecule has 0 aromatic heterocycles. The maximum Gasteiger partial charge on any atom is 0.305 e. The smallest absolute Gasteiger partial charge is 0.305 e. The molecule has 4 atom stereocenters. The molecule has 0 saturated carbocycles. The zero-order valence-corrected chi connectivity index (χ0v) is 11.0. The van der Waals surface area contributed by atoms with Crippen molar-refractivity contribution in [2.24, 2.45) is 0 Å². The van der Waals surface area contributed by atoms with Crippen LogP contribution in [0.4, 0.5) is 0 Å². The van der Waals surface area contributed by atoms with Gasteiger partial charge in [0.15, 0.2) is 0 Å². The second kappa shape index (κ2) is 6.70. The van der Waals surface area contributed by atoms with Crippen LogP contribution in [-0.2, 0) is 17.3 Å². The molecule has 0 aromatic carbocycles. The van der Waals surface area contributed by atoms with Gasteiger partial charge in [-0.15, -0.1) is 0 Å². The molecule has 0 spiro atoms. The molecule has 0 aromatic rings. The number of hydrogen-bond acceptors (Lipinski definition) is 6. The summed E-state index contributed by atoms with van der Waals surface area (Å²) >= 11 is 1.62. The summed E-state index contributed by atoms with van der Waals surface area (Å²) in [5.74, 6) is -0.337. The minimum Gasteiger partial charge on any atom is -0.463 e. The molecule has 16 heavy (non-hydrogen) atoms. The number of aliphatic hydroxyl groups is 2. The van der Waals surface area contributed by atoms with Gasteiger partial charge in [0, 0.05) is 6.42 Å². The lowest BCUT2D eigenvalue weighted by molar-refractivity contribution is -0.187. The van der Waals surface area contributed by atoms with Gasteiger partial charge in [0.2, 0.25) is 0 Å². The lowest BCUT2D eigenvalue weighted by Crippen LogP contribution is -2.54. The summed E-state index contributed by atoms with van der Waals surface area (Å²) in [6.07, 6.45) is -2.97. The van der Waals surface area contributed by atoms with Gasteiger partial charge in [-0.05, 0) is 0 Å². The largest absolute Gasteiger partial charge is 0.463 e. The van der Waals surface area contributed by atoms with Gasteiger partial charge in [0.05, 0.1) is 6.61 Å². The highest BCUT2D eigenvalue weighted by Gasteiger charge is 2.40.